The SMILES string of the molecule is CCC[C@@H](CCO)Nc1nc(NC(=O)OC)nc2c(Br)nn(Cc3nc(C(=O)O)c(C4=CCN=CC4)cc3OC)c12. The maximum atomic E-state index is 12.2. The Balaban J connectivity index is 1.84. The summed E-state index contributed by atoms with van der Waals surface area (Å²) in [7, 11) is 2.72. The summed E-state index contributed by atoms with van der Waals surface area (Å²) in [5, 5.41) is 30.0. The molecule has 0 aliphatic carbocycles. The number of carbonyl (C=O) groups is 2. The maximum Gasteiger partial charge on any atom is 0.413 e. The minimum atomic E-state index is -1.17. The van der Waals surface area contributed by atoms with Gasteiger partial charge in [0.2, 0.25) is 5.95 Å². The van der Waals surface area contributed by atoms with Gasteiger partial charge in [-0.2, -0.15) is 10.1 Å². The van der Waals surface area contributed by atoms with Crippen molar-refractivity contribution in [1.82, 2.24) is 24.7 Å². The first kappa shape index (κ1) is 29.9. The number of aromatic nitrogens is 5. The Kier molecular flexibility index (Phi) is 9.83. The predicted octanol–water partition coefficient (Wildman–Crippen LogP) is 3.74. The Bertz CT molecular complexity index is 1500. The van der Waals surface area contributed by atoms with Gasteiger partial charge in [-0.25, -0.2) is 19.6 Å². The lowest BCUT2D eigenvalue weighted by Crippen LogP contribution is -2.23. The second kappa shape index (κ2) is 13.5. The number of allylic oxidation sites excluding steroid dienone is 1. The van der Waals surface area contributed by atoms with E-state index in [1.54, 1.807) is 17.0 Å². The topological polar surface area (TPSA) is 186 Å². The monoisotopic (exact) mass is 630 g/mol. The third-order valence-corrected chi connectivity index (χ3v) is 6.95. The molecule has 1 atom stereocenters. The summed E-state index contributed by atoms with van der Waals surface area (Å²) < 4.78 is 12.3. The third-order valence-electron chi connectivity index (χ3n) is 6.41. The minimum absolute atomic E-state index is 0.0103. The number of pyridine rings is 1. The second-order valence-electron chi connectivity index (χ2n) is 9.12. The van der Waals surface area contributed by atoms with Crippen LogP contribution in [0.5, 0.6) is 5.75 Å². The van der Waals surface area contributed by atoms with Gasteiger partial charge in [-0.1, -0.05) is 19.4 Å². The molecule has 14 nitrogen and oxygen atoms in total. The van der Waals surface area contributed by atoms with Crippen LogP contribution in [0, 0.1) is 0 Å². The van der Waals surface area contributed by atoms with Gasteiger partial charge >= 0.3 is 12.1 Å². The number of nitrogens with zero attached hydrogens (tertiary/aromatic N) is 6. The lowest BCUT2D eigenvalue weighted by atomic mass is 9.98. The van der Waals surface area contributed by atoms with Crippen LogP contribution in [0.4, 0.5) is 16.6 Å². The molecule has 0 unspecified atom stereocenters. The Labute approximate surface area is 244 Å². The van der Waals surface area contributed by atoms with Crippen LogP contribution in [0.3, 0.4) is 0 Å². The lowest BCUT2D eigenvalue weighted by molar-refractivity contribution is 0.0689. The largest absolute Gasteiger partial charge is 0.495 e. The molecule has 4 rings (SSSR count). The zero-order chi connectivity index (χ0) is 29.5. The van der Waals surface area contributed by atoms with Gasteiger partial charge in [-0.3, -0.25) is 15.0 Å². The molecule has 0 bridgehead atoms. The van der Waals surface area contributed by atoms with Gasteiger partial charge < -0.3 is 25.0 Å². The van der Waals surface area contributed by atoms with Crippen LogP contribution in [0.2, 0.25) is 0 Å². The van der Waals surface area contributed by atoms with E-state index >= 15 is 0 Å². The third kappa shape index (κ3) is 6.79. The normalized spacial score (nSPS) is 13.5. The summed E-state index contributed by atoms with van der Waals surface area (Å²) >= 11 is 3.45. The van der Waals surface area contributed by atoms with Crippen LogP contribution in [0.15, 0.2) is 21.7 Å². The highest BCUT2D eigenvalue weighted by atomic mass is 79.9. The van der Waals surface area contributed by atoms with E-state index in [9.17, 15) is 19.8 Å². The maximum absolute atomic E-state index is 12.2. The highest BCUT2D eigenvalue weighted by Crippen LogP contribution is 2.33. The van der Waals surface area contributed by atoms with Crippen molar-refractivity contribution in [1.29, 1.82) is 0 Å². The van der Waals surface area contributed by atoms with Crippen LogP contribution >= 0.6 is 15.9 Å². The molecule has 0 radical (unpaired) electrons. The summed E-state index contributed by atoms with van der Waals surface area (Å²) in [5.74, 6) is -0.442. The van der Waals surface area contributed by atoms with Crippen molar-refractivity contribution in [3.8, 4) is 5.75 Å². The fourth-order valence-corrected chi connectivity index (χ4v) is 4.99. The van der Waals surface area contributed by atoms with Gasteiger partial charge in [0.25, 0.3) is 0 Å². The number of carboxylic acids is 1. The van der Waals surface area contributed by atoms with E-state index in [-0.39, 0.29) is 30.8 Å². The molecule has 0 spiro atoms. The Hall–Kier alpha value is -4.11. The number of aliphatic hydroxyl groups excluding tert-OH is 1. The number of fused-ring (bicyclic) bond motifs is 1. The molecule has 3 aromatic heterocycles. The van der Waals surface area contributed by atoms with Gasteiger partial charge in [0.15, 0.2) is 16.1 Å². The average molecular weight is 631 g/mol. The molecule has 0 aromatic carbocycles. The molecule has 1 amide bonds. The lowest BCUT2D eigenvalue weighted by Gasteiger charge is -2.19. The molecule has 4 N–H and O–H groups in total. The van der Waals surface area contributed by atoms with Crippen LogP contribution in [0.25, 0.3) is 16.6 Å². The number of carbonyl (C=O) groups excluding carboxylic acids is 1. The van der Waals surface area contributed by atoms with Crippen molar-refractivity contribution in [3.63, 3.8) is 0 Å². The van der Waals surface area contributed by atoms with Gasteiger partial charge in [-0.05, 0) is 40.4 Å². The van der Waals surface area contributed by atoms with Gasteiger partial charge in [0.05, 0.1) is 27.3 Å². The summed E-state index contributed by atoms with van der Waals surface area (Å²) in [6.07, 6.45) is 5.44. The quantitative estimate of drug-likeness (QED) is 0.228. The average Bonchev–Trinajstić information content (AvgIpc) is 3.28. The van der Waals surface area contributed by atoms with Crippen molar-refractivity contribution < 1.29 is 29.3 Å². The van der Waals surface area contributed by atoms with Crippen LogP contribution in [-0.4, -0.2) is 86.6 Å². The Morgan fingerprint density at radius 1 is 1.22 bits per heavy atom. The number of methoxy groups -OCH3 is 2. The number of aliphatic hydroxyl groups is 1. The van der Waals surface area contributed by atoms with Crippen LogP contribution in [-0.2, 0) is 11.3 Å². The minimum Gasteiger partial charge on any atom is -0.495 e. The van der Waals surface area contributed by atoms with Gasteiger partial charge in [0, 0.05) is 30.8 Å². The molecule has 0 fully saturated rings. The van der Waals surface area contributed by atoms with Crippen molar-refractivity contribution >= 4 is 62.6 Å². The number of aliphatic imine (C=N–C) groups is 1. The van der Waals surface area contributed by atoms with Crippen molar-refractivity contribution in [2.75, 3.05) is 38.0 Å². The standard InChI is InChI=1S/C26H31BrN8O6/c1-4-5-15(8-11-36)29-23-21-20(31-25(32-23)33-26(39)41-3)22(27)34-35(21)13-17-18(40-2)12-16(19(30-17)24(37)38)14-6-9-28-10-7-14/h6,10,12,15,36H,4-5,7-9,11,13H2,1-3H3,(H,37,38)(H2,29,31,32,33,39)/t15-/m0/s1. The number of rotatable bonds is 12. The highest BCUT2D eigenvalue weighted by molar-refractivity contribution is 9.10. The van der Waals surface area contributed by atoms with E-state index < -0.39 is 12.1 Å². The number of nitrogens with one attached hydrogen (secondary N) is 2. The van der Waals surface area contributed by atoms with E-state index in [0.29, 0.717) is 57.8 Å². The number of hydrogen-bond acceptors (Lipinski definition) is 11. The molecule has 0 saturated carbocycles. The molecule has 1 aliphatic rings. The molecule has 15 heteroatoms. The van der Waals surface area contributed by atoms with Crippen molar-refractivity contribution in [3.05, 3.63) is 33.7 Å². The number of hydrogen-bond donors (Lipinski definition) is 4. The first-order valence-electron chi connectivity index (χ1n) is 12.9. The first-order valence-corrected chi connectivity index (χ1v) is 13.7. The van der Waals surface area contributed by atoms with Crippen molar-refractivity contribution in [2.45, 2.75) is 45.2 Å². The molecular formula is C26H31BrN8O6. The van der Waals surface area contributed by atoms with E-state index in [0.717, 1.165) is 18.4 Å². The van der Waals surface area contributed by atoms with E-state index in [4.69, 9.17) is 9.47 Å². The van der Waals surface area contributed by atoms with E-state index in [1.807, 2.05) is 13.0 Å². The summed E-state index contributed by atoms with van der Waals surface area (Å²) in [4.78, 5) is 41.8. The molecular weight excluding hydrogens is 600 g/mol. The summed E-state index contributed by atoms with van der Waals surface area (Å²) in [5.41, 5.74) is 2.35. The number of anilines is 2. The van der Waals surface area contributed by atoms with Crippen LogP contribution < -0.4 is 15.4 Å². The number of ether oxygens (including phenoxy) is 2. The molecule has 4 heterocycles. The van der Waals surface area contributed by atoms with E-state index in [2.05, 4.69) is 51.6 Å². The number of carboxylic acid groups (broad SMARTS) is 1. The first-order chi connectivity index (χ1) is 19.8. The predicted molar refractivity (Wildman–Crippen MR) is 156 cm³/mol. The number of aromatic carboxylic acids is 1. The molecule has 41 heavy (non-hydrogen) atoms. The van der Waals surface area contributed by atoms with Gasteiger partial charge in [-0.15, -0.1) is 0 Å². The molecule has 3 aromatic rings. The number of dihydropyridines is 1. The number of amides is 1. The molecule has 0 saturated heterocycles. The molecule has 1 aliphatic heterocycles. The van der Waals surface area contributed by atoms with Crippen LogP contribution in [0.1, 0.15) is 54.4 Å². The zero-order valence-electron chi connectivity index (χ0n) is 22.8. The summed E-state index contributed by atoms with van der Waals surface area (Å²) in [6.45, 7) is 2.48. The Morgan fingerprint density at radius 2 is 2.02 bits per heavy atom. The van der Waals surface area contributed by atoms with Gasteiger partial charge in [0.1, 0.15) is 22.5 Å². The molecule has 218 valence electrons. The second-order valence-corrected chi connectivity index (χ2v) is 9.87. The highest BCUT2D eigenvalue weighted by Gasteiger charge is 2.24. The zero-order valence-corrected chi connectivity index (χ0v) is 24.4. The van der Waals surface area contributed by atoms with Crippen molar-refractivity contribution in [2.24, 2.45) is 4.99 Å². The fourth-order valence-electron chi connectivity index (χ4n) is 4.52. The van der Waals surface area contributed by atoms with E-state index in [1.165, 1.54) is 14.2 Å². The Morgan fingerprint density at radius 3 is 2.66 bits per heavy atom. The smallest absolute Gasteiger partial charge is 0.413 e. The summed E-state index contributed by atoms with van der Waals surface area (Å²) in [6, 6.07) is 1.54. The fraction of sp³-hybridized carbons (Fsp3) is 0.423. The number of halogens is 1.